The van der Waals surface area contributed by atoms with E-state index in [1.807, 2.05) is 0 Å². The first-order valence-electron chi connectivity index (χ1n) is 4.70. The Bertz CT molecular complexity index is 251. The molecular weight excluding hydrogens is 213 g/mol. The lowest BCUT2D eigenvalue weighted by Gasteiger charge is -2.41. The molecule has 1 rings (SSSR count). The lowest BCUT2D eigenvalue weighted by molar-refractivity contribution is -0.296. The Morgan fingerprint density at radius 2 is 2.07 bits per heavy atom. The lowest BCUT2D eigenvalue weighted by Crippen LogP contribution is -2.56. The lowest BCUT2D eigenvalue weighted by atomic mass is 9.74. The van der Waals surface area contributed by atoms with E-state index in [1.54, 1.807) is 0 Å². The van der Waals surface area contributed by atoms with Crippen molar-refractivity contribution in [2.24, 2.45) is 5.92 Å². The van der Waals surface area contributed by atoms with Crippen LogP contribution >= 0.6 is 0 Å². The van der Waals surface area contributed by atoms with Crippen LogP contribution < -0.4 is 0 Å². The second kappa shape index (κ2) is 4.00. The quantitative estimate of drug-likeness (QED) is 0.785. The maximum atomic E-state index is 12.8. The van der Waals surface area contributed by atoms with Gasteiger partial charge in [-0.2, -0.15) is 13.2 Å². The summed E-state index contributed by atoms with van der Waals surface area (Å²) in [5, 5.41) is 8.79. The number of carboxylic acid groups (broad SMARTS) is 1. The van der Waals surface area contributed by atoms with Crippen molar-refractivity contribution in [2.45, 2.75) is 37.5 Å². The van der Waals surface area contributed by atoms with Gasteiger partial charge in [-0.1, -0.05) is 12.8 Å². The molecule has 0 amide bonds. The number of carbonyl (C=O) groups is 1. The van der Waals surface area contributed by atoms with Gasteiger partial charge in [-0.3, -0.25) is 4.79 Å². The molecule has 0 spiro atoms. The van der Waals surface area contributed by atoms with Gasteiger partial charge in [-0.25, -0.2) is 0 Å². The Morgan fingerprint density at radius 1 is 1.47 bits per heavy atom. The first-order chi connectivity index (χ1) is 6.85. The number of hydrogen-bond donors (Lipinski definition) is 1. The van der Waals surface area contributed by atoms with Crippen LogP contribution in [0.15, 0.2) is 0 Å². The molecule has 0 bridgehead atoms. The van der Waals surface area contributed by atoms with Crippen LogP contribution in [0.25, 0.3) is 0 Å². The van der Waals surface area contributed by atoms with Crippen LogP contribution in [-0.2, 0) is 9.53 Å². The van der Waals surface area contributed by atoms with Crippen molar-refractivity contribution >= 4 is 5.97 Å². The molecule has 0 aromatic heterocycles. The molecule has 1 fully saturated rings. The Kier molecular flexibility index (Phi) is 3.28. The second-order valence-electron chi connectivity index (χ2n) is 3.73. The molecule has 1 aliphatic rings. The van der Waals surface area contributed by atoms with Crippen molar-refractivity contribution in [3.8, 4) is 0 Å². The number of halogens is 3. The standard InChI is InChI=1S/C9H13F3O3/c1-15-8(9(10,11)12)5-3-2-4-6(8)7(13)14/h6H,2-5H2,1H3,(H,13,14). The van der Waals surface area contributed by atoms with Gasteiger partial charge in [0.05, 0.1) is 5.92 Å². The van der Waals surface area contributed by atoms with E-state index in [2.05, 4.69) is 4.74 Å². The second-order valence-corrected chi connectivity index (χ2v) is 3.73. The number of ether oxygens (including phenoxy) is 1. The zero-order valence-corrected chi connectivity index (χ0v) is 8.30. The molecule has 88 valence electrons. The summed E-state index contributed by atoms with van der Waals surface area (Å²) < 4.78 is 43.0. The Hall–Kier alpha value is -0.780. The molecule has 1 N–H and O–H groups in total. The van der Waals surface area contributed by atoms with E-state index in [0.717, 1.165) is 7.11 Å². The summed E-state index contributed by atoms with van der Waals surface area (Å²) in [5.41, 5.74) is -2.50. The zero-order valence-electron chi connectivity index (χ0n) is 8.30. The highest BCUT2D eigenvalue weighted by Crippen LogP contribution is 2.47. The van der Waals surface area contributed by atoms with E-state index in [1.165, 1.54) is 0 Å². The Labute approximate surface area is 85.2 Å². The predicted octanol–water partition coefficient (Wildman–Crippen LogP) is 2.21. The van der Waals surface area contributed by atoms with Gasteiger partial charge in [0, 0.05) is 7.11 Å². The molecule has 0 radical (unpaired) electrons. The van der Waals surface area contributed by atoms with E-state index in [4.69, 9.17) is 5.11 Å². The summed E-state index contributed by atoms with van der Waals surface area (Å²) in [7, 11) is 0.925. The molecule has 3 nitrogen and oxygen atoms in total. The average Bonchev–Trinajstić information content (AvgIpc) is 2.15. The summed E-state index contributed by atoms with van der Waals surface area (Å²) in [6, 6.07) is 0. The Morgan fingerprint density at radius 3 is 2.40 bits per heavy atom. The topological polar surface area (TPSA) is 46.5 Å². The van der Waals surface area contributed by atoms with E-state index in [-0.39, 0.29) is 12.8 Å². The van der Waals surface area contributed by atoms with Gasteiger partial charge in [0.1, 0.15) is 0 Å². The number of rotatable bonds is 2. The minimum absolute atomic E-state index is 0.0166. The maximum absolute atomic E-state index is 12.8. The van der Waals surface area contributed by atoms with Crippen LogP contribution in [0, 0.1) is 5.92 Å². The molecule has 2 atom stereocenters. The third-order valence-corrected chi connectivity index (χ3v) is 3.00. The van der Waals surface area contributed by atoms with Crippen molar-refractivity contribution in [3.05, 3.63) is 0 Å². The van der Waals surface area contributed by atoms with E-state index in [9.17, 15) is 18.0 Å². The molecule has 0 aliphatic heterocycles. The van der Waals surface area contributed by atoms with Crippen LogP contribution in [0.3, 0.4) is 0 Å². The van der Waals surface area contributed by atoms with Gasteiger partial charge in [0.2, 0.25) is 0 Å². The monoisotopic (exact) mass is 226 g/mol. The molecule has 0 aromatic rings. The van der Waals surface area contributed by atoms with Crippen LogP contribution in [-0.4, -0.2) is 30.0 Å². The fourth-order valence-electron chi connectivity index (χ4n) is 2.17. The smallest absolute Gasteiger partial charge is 0.418 e. The SMILES string of the molecule is COC1(C(F)(F)F)CCCCC1C(=O)O. The highest BCUT2D eigenvalue weighted by molar-refractivity contribution is 5.72. The van der Waals surface area contributed by atoms with Gasteiger partial charge in [0.25, 0.3) is 0 Å². The highest BCUT2D eigenvalue weighted by atomic mass is 19.4. The number of hydrogen-bond acceptors (Lipinski definition) is 2. The van der Waals surface area contributed by atoms with Crippen molar-refractivity contribution < 1.29 is 27.8 Å². The number of alkyl halides is 3. The molecule has 0 aromatic carbocycles. The van der Waals surface area contributed by atoms with Crippen molar-refractivity contribution in [2.75, 3.05) is 7.11 Å². The van der Waals surface area contributed by atoms with Crippen molar-refractivity contribution in [1.29, 1.82) is 0 Å². The van der Waals surface area contributed by atoms with Gasteiger partial charge in [0.15, 0.2) is 5.60 Å². The van der Waals surface area contributed by atoms with Gasteiger partial charge in [-0.05, 0) is 12.8 Å². The fraction of sp³-hybridized carbons (Fsp3) is 0.889. The van der Waals surface area contributed by atoms with Crippen LogP contribution in [0.5, 0.6) is 0 Å². The van der Waals surface area contributed by atoms with Crippen LogP contribution in [0.1, 0.15) is 25.7 Å². The largest absolute Gasteiger partial charge is 0.481 e. The van der Waals surface area contributed by atoms with Gasteiger partial charge >= 0.3 is 12.1 Å². The number of methoxy groups -OCH3 is 1. The summed E-state index contributed by atoms with van der Waals surface area (Å²) in [5.74, 6) is -2.93. The molecular formula is C9H13F3O3. The van der Waals surface area contributed by atoms with Gasteiger partial charge < -0.3 is 9.84 Å². The summed E-state index contributed by atoms with van der Waals surface area (Å²) in [6.07, 6.45) is -4.05. The summed E-state index contributed by atoms with van der Waals surface area (Å²) in [4.78, 5) is 10.8. The first kappa shape index (κ1) is 12.3. The van der Waals surface area contributed by atoms with Gasteiger partial charge in [-0.15, -0.1) is 0 Å². The minimum Gasteiger partial charge on any atom is -0.481 e. The van der Waals surface area contributed by atoms with Crippen molar-refractivity contribution in [1.82, 2.24) is 0 Å². The maximum Gasteiger partial charge on any atom is 0.418 e. The predicted molar refractivity (Wildman–Crippen MR) is 45.4 cm³/mol. The molecule has 15 heavy (non-hydrogen) atoms. The zero-order chi connectivity index (χ0) is 11.7. The fourth-order valence-corrected chi connectivity index (χ4v) is 2.17. The molecule has 0 saturated heterocycles. The van der Waals surface area contributed by atoms with E-state index < -0.39 is 23.7 Å². The van der Waals surface area contributed by atoms with Crippen LogP contribution in [0.4, 0.5) is 13.2 Å². The van der Waals surface area contributed by atoms with E-state index in [0.29, 0.717) is 12.8 Å². The number of carboxylic acids is 1. The summed E-state index contributed by atoms with van der Waals surface area (Å²) >= 11 is 0. The Balaban J connectivity index is 3.07. The third kappa shape index (κ3) is 1.95. The third-order valence-electron chi connectivity index (χ3n) is 3.00. The average molecular weight is 226 g/mol. The van der Waals surface area contributed by atoms with Crippen molar-refractivity contribution in [3.63, 3.8) is 0 Å². The molecule has 2 unspecified atom stereocenters. The number of aliphatic carboxylic acids is 1. The molecule has 6 heteroatoms. The molecule has 0 heterocycles. The minimum atomic E-state index is -4.63. The summed E-state index contributed by atoms with van der Waals surface area (Å²) in [6.45, 7) is 0. The molecule has 1 saturated carbocycles. The normalized spacial score (nSPS) is 32.7. The first-order valence-corrected chi connectivity index (χ1v) is 4.70. The van der Waals surface area contributed by atoms with E-state index >= 15 is 0 Å². The van der Waals surface area contributed by atoms with Crippen LogP contribution in [0.2, 0.25) is 0 Å². The highest BCUT2D eigenvalue weighted by Gasteiger charge is 2.62. The molecule has 1 aliphatic carbocycles.